The topological polar surface area (TPSA) is 100 Å². The zero-order valence-corrected chi connectivity index (χ0v) is 8.50. The highest BCUT2D eigenvalue weighted by molar-refractivity contribution is 6.01. The van der Waals surface area contributed by atoms with Crippen LogP contribution < -0.4 is 21.1 Å². The van der Waals surface area contributed by atoms with Crippen molar-refractivity contribution in [1.82, 2.24) is 5.32 Å². The predicted molar refractivity (Wildman–Crippen MR) is 57.0 cm³/mol. The van der Waals surface area contributed by atoms with Crippen molar-refractivity contribution < 1.29 is 13.9 Å². The first-order valence-electron chi connectivity index (χ1n) is 4.29. The van der Waals surface area contributed by atoms with Crippen LogP contribution in [0.15, 0.2) is 18.2 Å². The molecule has 1 rings (SSSR count). The maximum absolute atomic E-state index is 13.3. The molecule has 0 saturated heterocycles. The van der Waals surface area contributed by atoms with Crippen molar-refractivity contribution in [2.75, 3.05) is 12.4 Å². The summed E-state index contributed by atoms with van der Waals surface area (Å²) in [5.41, 5.74) is 4.83. The third-order valence-corrected chi connectivity index (χ3v) is 1.68. The van der Waals surface area contributed by atoms with Crippen LogP contribution in [-0.4, -0.2) is 19.1 Å². The minimum Gasteiger partial charge on any atom is -0.494 e. The van der Waals surface area contributed by atoms with Gasteiger partial charge in [-0.05, 0) is 12.1 Å². The Bertz CT molecular complexity index is 422. The molecule has 6 nitrogen and oxygen atoms in total. The molecule has 7 heteroatoms. The second-order valence-electron chi connectivity index (χ2n) is 2.81. The molecular formula is C9H11FN4O2. The molecule has 0 aliphatic rings. The Morgan fingerprint density at radius 3 is 2.81 bits per heavy atom. The summed E-state index contributed by atoms with van der Waals surface area (Å²) in [7, 11) is 1.35. The summed E-state index contributed by atoms with van der Waals surface area (Å²) in [6, 6.07) is 3.30. The molecule has 0 unspecified atom stereocenters. The first-order valence-corrected chi connectivity index (χ1v) is 4.29. The van der Waals surface area contributed by atoms with E-state index in [9.17, 15) is 9.18 Å². The summed E-state index contributed by atoms with van der Waals surface area (Å²) in [4.78, 5) is 11.2. The average molecular weight is 226 g/mol. The highest BCUT2D eigenvalue weighted by Crippen LogP contribution is 2.26. The third-order valence-electron chi connectivity index (χ3n) is 1.68. The first kappa shape index (κ1) is 11.8. The molecule has 0 bridgehead atoms. The fourth-order valence-electron chi connectivity index (χ4n) is 1.06. The predicted octanol–water partition coefficient (Wildman–Crippen LogP) is 0.849. The van der Waals surface area contributed by atoms with Crippen molar-refractivity contribution in [2.24, 2.45) is 5.73 Å². The van der Waals surface area contributed by atoms with E-state index >= 15 is 0 Å². The number of rotatable bonds is 2. The molecule has 16 heavy (non-hydrogen) atoms. The number of hydrogen-bond donors (Lipinski definition) is 4. The summed E-state index contributed by atoms with van der Waals surface area (Å²) in [6.45, 7) is 0. The zero-order chi connectivity index (χ0) is 12.1. The lowest BCUT2D eigenvalue weighted by Crippen LogP contribution is -2.38. The van der Waals surface area contributed by atoms with E-state index in [2.05, 4.69) is 5.32 Å². The van der Waals surface area contributed by atoms with Crippen LogP contribution in [0.5, 0.6) is 5.75 Å². The lowest BCUT2D eigenvalue weighted by Gasteiger charge is -2.10. The standard InChI is InChI=1S/C9H11FN4O2/c1-16-6-4-2-3-5(10)7(6)13-9(15)14-8(11)12/h2-4H,1H3,(H5,11,12,13,14,15). The van der Waals surface area contributed by atoms with Crippen LogP contribution in [0.4, 0.5) is 14.9 Å². The van der Waals surface area contributed by atoms with Crippen molar-refractivity contribution in [3.05, 3.63) is 24.0 Å². The highest BCUT2D eigenvalue weighted by atomic mass is 19.1. The number of halogens is 1. The van der Waals surface area contributed by atoms with Crippen LogP contribution in [-0.2, 0) is 0 Å². The molecule has 0 spiro atoms. The van der Waals surface area contributed by atoms with Crippen molar-refractivity contribution in [3.63, 3.8) is 0 Å². The van der Waals surface area contributed by atoms with Gasteiger partial charge < -0.3 is 15.8 Å². The summed E-state index contributed by atoms with van der Waals surface area (Å²) in [5.74, 6) is -0.996. The number of guanidine groups is 1. The van der Waals surface area contributed by atoms with E-state index in [1.165, 1.54) is 25.3 Å². The molecular weight excluding hydrogens is 215 g/mol. The average Bonchev–Trinajstić information content (AvgIpc) is 2.20. The molecule has 0 radical (unpaired) electrons. The quantitative estimate of drug-likeness (QED) is 0.444. The number of para-hydroxylation sites is 1. The fraction of sp³-hybridized carbons (Fsp3) is 0.111. The Kier molecular flexibility index (Phi) is 3.65. The molecule has 5 N–H and O–H groups in total. The van der Waals surface area contributed by atoms with Gasteiger partial charge in [0.25, 0.3) is 0 Å². The molecule has 0 aliphatic carbocycles. The molecule has 2 amide bonds. The minimum absolute atomic E-state index is 0.108. The number of urea groups is 1. The van der Waals surface area contributed by atoms with Crippen LogP contribution >= 0.6 is 0 Å². The van der Waals surface area contributed by atoms with Gasteiger partial charge in [0.2, 0.25) is 0 Å². The largest absolute Gasteiger partial charge is 0.494 e. The fourth-order valence-corrected chi connectivity index (χ4v) is 1.06. The molecule has 86 valence electrons. The van der Waals surface area contributed by atoms with E-state index in [-0.39, 0.29) is 11.4 Å². The molecule has 0 aliphatic heterocycles. The van der Waals surface area contributed by atoms with Crippen molar-refractivity contribution in [2.45, 2.75) is 0 Å². The summed E-state index contributed by atoms with van der Waals surface area (Å²) in [6.07, 6.45) is 0. The summed E-state index contributed by atoms with van der Waals surface area (Å²) in [5, 5.41) is 11.0. The number of anilines is 1. The molecule has 0 heterocycles. The van der Waals surface area contributed by atoms with Gasteiger partial charge in [-0.1, -0.05) is 6.07 Å². The van der Waals surface area contributed by atoms with Gasteiger partial charge in [-0.25, -0.2) is 9.18 Å². The minimum atomic E-state index is -0.809. The molecule has 0 fully saturated rings. The van der Waals surface area contributed by atoms with Crippen LogP contribution in [0, 0.1) is 11.2 Å². The van der Waals surface area contributed by atoms with E-state index in [1.807, 2.05) is 5.32 Å². The Morgan fingerprint density at radius 2 is 2.25 bits per heavy atom. The second kappa shape index (κ2) is 4.96. The Labute approximate surface area is 91.1 Å². The van der Waals surface area contributed by atoms with Gasteiger partial charge in [-0.2, -0.15) is 0 Å². The lowest BCUT2D eigenvalue weighted by molar-refractivity contribution is 0.255. The number of nitrogens with one attached hydrogen (secondary N) is 3. The van der Waals surface area contributed by atoms with Gasteiger partial charge in [0.15, 0.2) is 11.8 Å². The van der Waals surface area contributed by atoms with E-state index in [1.54, 1.807) is 0 Å². The first-order chi connectivity index (χ1) is 7.54. The van der Waals surface area contributed by atoms with Gasteiger partial charge in [0.05, 0.1) is 7.11 Å². The van der Waals surface area contributed by atoms with Gasteiger partial charge in [-0.15, -0.1) is 0 Å². The van der Waals surface area contributed by atoms with Crippen LogP contribution in [0.3, 0.4) is 0 Å². The van der Waals surface area contributed by atoms with E-state index in [0.717, 1.165) is 0 Å². The maximum atomic E-state index is 13.3. The molecule has 0 saturated carbocycles. The van der Waals surface area contributed by atoms with Crippen LogP contribution in [0.1, 0.15) is 0 Å². The smallest absolute Gasteiger partial charge is 0.326 e. The number of methoxy groups -OCH3 is 1. The zero-order valence-electron chi connectivity index (χ0n) is 8.50. The molecule has 0 atom stereocenters. The van der Waals surface area contributed by atoms with Crippen LogP contribution in [0.2, 0.25) is 0 Å². The Hall–Kier alpha value is -2.31. The maximum Gasteiger partial charge on any atom is 0.326 e. The number of nitrogens with two attached hydrogens (primary N) is 1. The summed E-state index contributed by atoms with van der Waals surface area (Å²) < 4.78 is 18.2. The Morgan fingerprint density at radius 1 is 1.56 bits per heavy atom. The van der Waals surface area contributed by atoms with Gasteiger partial charge >= 0.3 is 6.03 Å². The summed E-state index contributed by atoms with van der Waals surface area (Å²) >= 11 is 0. The highest BCUT2D eigenvalue weighted by Gasteiger charge is 2.12. The number of ether oxygens (including phenoxy) is 1. The number of hydrogen-bond acceptors (Lipinski definition) is 3. The number of benzene rings is 1. The molecule has 1 aromatic carbocycles. The van der Waals surface area contributed by atoms with Crippen LogP contribution in [0.25, 0.3) is 0 Å². The molecule has 0 aromatic heterocycles. The van der Waals surface area contributed by atoms with E-state index in [0.29, 0.717) is 0 Å². The number of carbonyl (C=O) groups is 1. The van der Waals surface area contributed by atoms with E-state index in [4.69, 9.17) is 15.9 Å². The van der Waals surface area contributed by atoms with Crippen molar-refractivity contribution in [1.29, 1.82) is 5.41 Å². The van der Waals surface area contributed by atoms with Gasteiger partial charge in [-0.3, -0.25) is 10.7 Å². The molecule has 1 aromatic rings. The SMILES string of the molecule is COc1cccc(F)c1NC(=O)NC(=N)N. The van der Waals surface area contributed by atoms with Gasteiger partial charge in [0, 0.05) is 0 Å². The normalized spacial score (nSPS) is 9.38. The second-order valence-corrected chi connectivity index (χ2v) is 2.81. The number of carbonyl (C=O) groups excluding carboxylic acids is 1. The van der Waals surface area contributed by atoms with Crippen molar-refractivity contribution >= 4 is 17.7 Å². The van der Waals surface area contributed by atoms with E-state index < -0.39 is 17.8 Å². The lowest BCUT2D eigenvalue weighted by atomic mass is 10.3. The number of amides is 2. The van der Waals surface area contributed by atoms with Crippen molar-refractivity contribution in [3.8, 4) is 5.75 Å². The van der Waals surface area contributed by atoms with Gasteiger partial charge in [0.1, 0.15) is 11.4 Å². The Balaban J connectivity index is 2.87. The third kappa shape index (κ3) is 2.84. The monoisotopic (exact) mass is 226 g/mol.